The average molecular weight is 193 g/mol. The first-order chi connectivity index (χ1) is 6.80. The van der Waals surface area contributed by atoms with E-state index in [4.69, 9.17) is 0 Å². The predicted molar refractivity (Wildman–Crippen MR) is 61.8 cm³/mol. The summed E-state index contributed by atoms with van der Waals surface area (Å²) in [5, 5.41) is 6.50. The number of pyridine rings is 1. The molecule has 0 bridgehead atoms. The third-order valence-corrected chi connectivity index (χ3v) is 2.37. The summed E-state index contributed by atoms with van der Waals surface area (Å²) in [4.78, 5) is 4.17. The van der Waals surface area contributed by atoms with Gasteiger partial charge in [0.1, 0.15) is 5.82 Å². The van der Waals surface area contributed by atoms with Gasteiger partial charge in [-0.25, -0.2) is 4.98 Å². The monoisotopic (exact) mass is 193 g/mol. The number of aromatic nitrogens is 1. The minimum atomic E-state index is 0.558. The molecule has 0 unspecified atom stereocenters. The highest BCUT2D eigenvalue weighted by Gasteiger charge is 2.02. The lowest BCUT2D eigenvalue weighted by Crippen LogP contribution is -2.16. The molecule has 0 atom stereocenters. The molecule has 0 aromatic carbocycles. The van der Waals surface area contributed by atoms with Crippen LogP contribution in [0.15, 0.2) is 18.3 Å². The molecule has 0 saturated carbocycles. The molecule has 0 aliphatic heterocycles. The smallest absolute Gasteiger partial charge is 0.127 e. The van der Waals surface area contributed by atoms with Crippen LogP contribution >= 0.6 is 0 Å². The number of anilines is 2. The van der Waals surface area contributed by atoms with Gasteiger partial charge in [-0.1, -0.05) is 13.8 Å². The van der Waals surface area contributed by atoms with Gasteiger partial charge in [-0.15, -0.1) is 0 Å². The number of nitrogens with zero attached hydrogens (tertiary/aromatic N) is 1. The molecule has 1 heterocycles. The van der Waals surface area contributed by atoms with E-state index in [1.54, 1.807) is 0 Å². The Kier molecular flexibility index (Phi) is 4.23. The van der Waals surface area contributed by atoms with E-state index in [0.717, 1.165) is 24.3 Å². The molecule has 1 rings (SSSR count). The zero-order valence-corrected chi connectivity index (χ0v) is 9.17. The van der Waals surface area contributed by atoms with E-state index in [1.807, 2.05) is 25.4 Å². The lowest BCUT2D eigenvalue weighted by atomic mass is 10.1. The standard InChI is InChI=1S/C11H19N3/c1-4-9(5-2)14-10-6-7-13-11(8-10)12-3/h6-9H,4-5H2,1-3H3,(H2,12,13,14). The second-order valence-electron chi connectivity index (χ2n) is 3.34. The summed E-state index contributed by atoms with van der Waals surface area (Å²) >= 11 is 0. The van der Waals surface area contributed by atoms with Crippen molar-refractivity contribution in [2.24, 2.45) is 0 Å². The molecule has 3 nitrogen and oxygen atoms in total. The molecule has 14 heavy (non-hydrogen) atoms. The Balaban J connectivity index is 2.65. The molecule has 1 aromatic heterocycles. The quantitative estimate of drug-likeness (QED) is 0.755. The number of hydrogen-bond donors (Lipinski definition) is 2. The molecule has 3 heteroatoms. The van der Waals surface area contributed by atoms with Gasteiger partial charge in [0.2, 0.25) is 0 Å². The largest absolute Gasteiger partial charge is 0.382 e. The fourth-order valence-electron chi connectivity index (χ4n) is 1.39. The third-order valence-electron chi connectivity index (χ3n) is 2.37. The summed E-state index contributed by atoms with van der Waals surface area (Å²) < 4.78 is 0. The van der Waals surface area contributed by atoms with Crippen LogP contribution in [0.2, 0.25) is 0 Å². The molecule has 0 aliphatic carbocycles. The zero-order valence-electron chi connectivity index (χ0n) is 9.17. The van der Waals surface area contributed by atoms with Crippen molar-refractivity contribution in [3.63, 3.8) is 0 Å². The Morgan fingerprint density at radius 3 is 2.64 bits per heavy atom. The fourth-order valence-corrected chi connectivity index (χ4v) is 1.39. The zero-order chi connectivity index (χ0) is 10.4. The van der Waals surface area contributed by atoms with Crippen LogP contribution in [0.25, 0.3) is 0 Å². The molecule has 78 valence electrons. The molecule has 0 spiro atoms. The lowest BCUT2D eigenvalue weighted by molar-refractivity contribution is 0.671. The SMILES string of the molecule is CCC(CC)Nc1ccnc(NC)c1. The van der Waals surface area contributed by atoms with Gasteiger partial charge >= 0.3 is 0 Å². The molecule has 0 aliphatic rings. The van der Waals surface area contributed by atoms with Gasteiger partial charge in [-0.2, -0.15) is 0 Å². The van der Waals surface area contributed by atoms with Gasteiger partial charge in [0, 0.05) is 31.0 Å². The maximum atomic E-state index is 4.17. The Labute approximate surface area is 85.9 Å². The maximum absolute atomic E-state index is 4.17. The van der Waals surface area contributed by atoms with Crippen LogP contribution in [-0.4, -0.2) is 18.1 Å². The van der Waals surface area contributed by atoms with Gasteiger partial charge in [-0.3, -0.25) is 0 Å². The second-order valence-corrected chi connectivity index (χ2v) is 3.34. The molecule has 0 saturated heterocycles. The Bertz CT molecular complexity index is 269. The molecule has 0 amide bonds. The van der Waals surface area contributed by atoms with Gasteiger partial charge in [0.05, 0.1) is 0 Å². The summed E-state index contributed by atoms with van der Waals surface area (Å²) in [7, 11) is 1.88. The molecule has 0 radical (unpaired) electrons. The van der Waals surface area contributed by atoms with Gasteiger partial charge in [-0.05, 0) is 18.9 Å². The predicted octanol–water partition coefficient (Wildman–Crippen LogP) is 2.72. The van der Waals surface area contributed by atoms with Crippen LogP contribution in [0.5, 0.6) is 0 Å². The molecule has 0 fully saturated rings. The minimum absolute atomic E-state index is 0.558. The highest BCUT2D eigenvalue weighted by molar-refractivity contribution is 5.51. The molecule has 2 N–H and O–H groups in total. The minimum Gasteiger partial charge on any atom is -0.382 e. The van der Waals surface area contributed by atoms with E-state index in [1.165, 1.54) is 0 Å². The molecular formula is C11H19N3. The van der Waals surface area contributed by atoms with E-state index >= 15 is 0 Å². The summed E-state index contributed by atoms with van der Waals surface area (Å²) in [5.41, 5.74) is 1.14. The van der Waals surface area contributed by atoms with Crippen molar-refractivity contribution in [3.8, 4) is 0 Å². The number of rotatable bonds is 5. The van der Waals surface area contributed by atoms with Crippen LogP contribution in [0, 0.1) is 0 Å². The first kappa shape index (κ1) is 10.8. The number of hydrogen-bond acceptors (Lipinski definition) is 3. The summed E-state index contributed by atoms with van der Waals surface area (Å²) in [6.45, 7) is 4.39. The molecule has 1 aromatic rings. The van der Waals surface area contributed by atoms with Crippen molar-refractivity contribution in [1.29, 1.82) is 0 Å². The van der Waals surface area contributed by atoms with Crippen molar-refractivity contribution in [2.45, 2.75) is 32.7 Å². The van der Waals surface area contributed by atoms with E-state index in [9.17, 15) is 0 Å². The van der Waals surface area contributed by atoms with E-state index in [2.05, 4.69) is 29.5 Å². The highest BCUT2D eigenvalue weighted by Crippen LogP contribution is 2.14. The van der Waals surface area contributed by atoms with Crippen LogP contribution in [0.1, 0.15) is 26.7 Å². The van der Waals surface area contributed by atoms with Crippen molar-refractivity contribution in [1.82, 2.24) is 4.98 Å². The summed E-state index contributed by atoms with van der Waals surface area (Å²) in [6, 6.07) is 4.58. The normalized spacial score (nSPS) is 10.3. The first-order valence-electron chi connectivity index (χ1n) is 5.20. The van der Waals surface area contributed by atoms with Crippen molar-refractivity contribution in [2.75, 3.05) is 17.7 Å². The average Bonchev–Trinajstić information content (AvgIpc) is 2.26. The van der Waals surface area contributed by atoms with Crippen molar-refractivity contribution < 1.29 is 0 Å². The fraction of sp³-hybridized carbons (Fsp3) is 0.545. The summed E-state index contributed by atoms with van der Waals surface area (Å²) in [6.07, 6.45) is 4.11. The van der Waals surface area contributed by atoms with Crippen LogP contribution in [-0.2, 0) is 0 Å². The Morgan fingerprint density at radius 1 is 1.36 bits per heavy atom. The van der Waals surface area contributed by atoms with Gasteiger partial charge in [0.25, 0.3) is 0 Å². The molecular weight excluding hydrogens is 174 g/mol. The second kappa shape index (κ2) is 5.47. The van der Waals surface area contributed by atoms with Crippen LogP contribution in [0.4, 0.5) is 11.5 Å². The Morgan fingerprint density at radius 2 is 2.07 bits per heavy atom. The topological polar surface area (TPSA) is 37.0 Å². The van der Waals surface area contributed by atoms with Gasteiger partial charge in [0.15, 0.2) is 0 Å². The highest BCUT2D eigenvalue weighted by atomic mass is 15.0. The van der Waals surface area contributed by atoms with E-state index in [0.29, 0.717) is 6.04 Å². The van der Waals surface area contributed by atoms with Crippen molar-refractivity contribution in [3.05, 3.63) is 18.3 Å². The lowest BCUT2D eigenvalue weighted by Gasteiger charge is -2.16. The maximum Gasteiger partial charge on any atom is 0.127 e. The van der Waals surface area contributed by atoms with E-state index in [-0.39, 0.29) is 0 Å². The van der Waals surface area contributed by atoms with E-state index < -0.39 is 0 Å². The van der Waals surface area contributed by atoms with Gasteiger partial charge < -0.3 is 10.6 Å². The third kappa shape index (κ3) is 2.91. The number of nitrogens with one attached hydrogen (secondary N) is 2. The first-order valence-corrected chi connectivity index (χ1v) is 5.20. The van der Waals surface area contributed by atoms with Crippen LogP contribution < -0.4 is 10.6 Å². The summed E-state index contributed by atoms with van der Waals surface area (Å²) in [5.74, 6) is 0.904. The Hall–Kier alpha value is -1.25. The van der Waals surface area contributed by atoms with Crippen molar-refractivity contribution >= 4 is 11.5 Å². The van der Waals surface area contributed by atoms with Crippen LogP contribution in [0.3, 0.4) is 0 Å².